The van der Waals surface area contributed by atoms with Crippen molar-refractivity contribution in [2.24, 2.45) is 7.05 Å². The Labute approximate surface area is 110 Å². The van der Waals surface area contributed by atoms with Gasteiger partial charge in [-0.15, -0.1) is 0 Å². The second-order valence-corrected chi connectivity index (χ2v) is 3.80. The molecule has 0 bridgehead atoms. The van der Waals surface area contributed by atoms with Crippen LogP contribution in [0.5, 0.6) is 5.75 Å². The van der Waals surface area contributed by atoms with Crippen LogP contribution in [0.1, 0.15) is 11.4 Å². The third-order valence-electron chi connectivity index (χ3n) is 2.49. The van der Waals surface area contributed by atoms with Gasteiger partial charge in [0.05, 0.1) is 0 Å². The summed E-state index contributed by atoms with van der Waals surface area (Å²) in [4.78, 5) is 14.6. The third-order valence-corrected chi connectivity index (χ3v) is 2.49. The van der Waals surface area contributed by atoms with Crippen molar-refractivity contribution < 1.29 is 14.6 Å². The Balaban J connectivity index is 2.12. The lowest BCUT2D eigenvalue weighted by molar-refractivity contribution is -0.131. The maximum absolute atomic E-state index is 10.5. The number of carboxylic acids is 1. The summed E-state index contributed by atoms with van der Waals surface area (Å²) in [7, 11) is 1.78. The molecule has 0 saturated carbocycles. The summed E-state index contributed by atoms with van der Waals surface area (Å²) in [6.07, 6.45) is 4.02. The minimum Gasteiger partial charge on any atom is -0.485 e. The van der Waals surface area contributed by atoms with E-state index in [-0.39, 0.29) is 6.61 Å². The molecule has 2 rings (SSSR count). The van der Waals surface area contributed by atoms with Crippen LogP contribution in [-0.4, -0.2) is 25.8 Å². The molecule has 6 heteroatoms. The summed E-state index contributed by atoms with van der Waals surface area (Å²) in [6.45, 7) is 0.272. The number of rotatable bonds is 5. The molecule has 1 heterocycles. The molecule has 0 fully saturated rings. The molecule has 0 saturated heterocycles. The van der Waals surface area contributed by atoms with E-state index in [1.165, 1.54) is 12.4 Å². The predicted octanol–water partition coefficient (Wildman–Crippen LogP) is 1.49. The van der Waals surface area contributed by atoms with Crippen LogP contribution in [0.15, 0.2) is 36.7 Å². The number of benzene rings is 1. The van der Waals surface area contributed by atoms with Gasteiger partial charge in [-0.25, -0.2) is 9.78 Å². The zero-order valence-electron chi connectivity index (χ0n) is 10.4. The van der Waals surface area contributed by atoms with Crippen LogP contribution in [0.25, 0.3) is 6.08 Å². The highest BCUT2D eigenvalue weighted by Crippen LogP contribution is 2.20. The van der Waals surface area contributed by atoms with Gasteiger partial charge in [0.2, 0.25) is 0 Å². The quantitative estimate of drug-likeness (QED) is 0.823. The van der Waals surface area contributed by atoms with E-state index in [2.05, 4.69) is 10.1 Å². The molecule has 0 spiro atoms. The number of para-hydroxylation sites is 1. The van der Waals surface area contributed by atoms with Crippen LogP contribution in [0.4, 0.5) is 0 Å². The van der Waals surface area contributed by atoms with E-state index in [4.69, 9.17) is 9.84 Å². The first-order chi connectivity index (χ1) is 9.16. The number of nitrogens with zero attached hydrogens (tertiary/aromatic N) is 3. The van der Waals surface area contributed by atoms with E-state index in [0.717, 1.165) is 6.08 Å². The van der Waals surface area contributed by atoms with Gasteiger partial charge in [-0.2, -0.15) is 5.10 Å². The molecule has 19 heavy (non-hydrogen) atoms. The molecular formula is C13H13N3O3. The van der Waals surface area contributed by atoms with Crippen LogP contribution < -0.4 is 4.74 Å². The fourth-order valence-corrected chi connectivity index (χ4v) is 1.50. The Morgan fingerprint density at radius 3 is 2.95 bits per heavy atom. The van der Waals surface area contributed by atoms with Crippen molar-refractivity contribution in [3.63, 3.8) is 0 Å². The van der Waals surface area contributed by atoms with Crippen molar-refractivity contribution in [2.45, 2.75) is 6.61 Å². The second-order valence-electron chi connectivity index (χ2n) is 3.80. The number of aryl methyl sites for hydroxylation is 1. The third kappa shape index (κ3) is 3.41. The minimum atomic E-state index is -0.997. The van der Waals surface area contributed by atoms with E-state index in [0.29, 0.717) is 17.1 Å². The molecule has 0 unspecified atom stereocenters. The molecule has 1 N–H and O–H groups in total. The van der Waals surface area contributed by atoms with Gasteiger partial charge in [0.15, 0.2) is 5.82 Å². The first-order valence-electron chi connectivity index (χ1n) is 5.62. The minimum absolute atomic E-state index is 0.272. The number of aromatic nitrogens is 3. The average molecular weight is 259 g/mol. The molecule has 1 aromatic heterocycles. The van der Waals surface area contributed by atoms with E-state index >= 15 is 0 Å². The summed E-state index contributed by atoms with van der Waals surface area (Å²) in [5, 5.41) is 12.6. The van der Waals surface area contributed by atoms with E-state index in [1.54, 1.807) is 23.9 Å². The molecule has 0 amide bonds. The molecule has 98 valence electrons. The number of carboxylic acid groups (broad SMARTS) is 1. The van der Waals surface area contributed by atoms with Gasteiger partial charge in [0.1, 0.15) is 18.7 Å². The van der Waals surface area contributed by atoms with Crippen LogP contribution >= 0.6 is 0 Å². The lowest BCUT2D eigenvalue weighted by atomic mass is 10.2. The smallest absolute Gasteiger partial charge is 0.328 e. The highest BCUT2D eigenvalue weighted by molar-refractivity contribution is 5.85. The molecule has 1 aromatic carbocycles. The van der Waals surface area contributed by atoms with E-state index < -0.39 is 5.97 Å². The summed E-state index contributed by atoms with van der Waals surface area (Å²) < 4.78 is 7.25. The second kappa shape index (κ2) is 5.81. The Morgan fingerprint density at radius 2 is 2.26 bits per heavy atom. The van der Waals surface area contributed by atoms with E-state index in [9.17, 15) is 4.79 Å². The van der Waals surface area contributed by atoms with Crippen LogP contribution in [0, 0.1) is 0 Å². The van der Waals surface area contributed by atoms with Crippen molar-refractivity contribution in [3.8, 4) is 5.75 Å². The van der Waals surface area contributed by atoms with Crippen molar-refractivity contribution in [1.29, 1.82) is 0 Å². The number of ether oxygens (including phenoxy) is 1. The molecule has 0 aliphatic rings. The molecule has 2 aromatic rings. The number of aliphatic carboxylic acids is 1. The van der Waals surface area contributed by atoms with Crippen LogP contribution in [0.2, 0.25) is 0 Å². The zero-order chi connectivity index (χ0) is 13.7. The fourth-order valence-electron chi connectivity index (χ4n) is 1.50. The van der Waals surface area contributed by atoms with Crippen molar-refractivity contribution in [2.75, 3.05) is 0 Å². The molecular weight excluding hydrogens is 246 g/mol. The maximum Gasteiger partial charge on any atom is 0.328 e. The average Bonchev–Trinajstić information content (AvgIpc) is 2.80. The summed E-state index contributed by atoms with van der Waals surface area (Å²) in [5.74, 6) is 0.295. The first kappa shape index (κ1) is 12.8. The molecule has 0 aliphatic heterocycles. The standard InChI is InChI=1S/C13H13N3O3/c1-16-12(14-9-15-16)8-19-11-5-3-2-4-10(11)6-7-13(17)18/h2-7,9H,8H2,1H3,(H,17,18). The van der Waals surface area contributed by atoms with Crippen molar-refractivity contribution >= 4 is 12.0 Å². The predicted molar refractivity (Wildman–Crippen MR) is 68.4 cm³/mol. The Kier molecular flexibility index (Phi) is 3.92. The van der Waals surface area contributed by atoms with Gasteiger partial charge in [-0.1, -0.05) is 18.2 Å². The van der Waals surface area contributed by atoms with E-state index in [1.807, 2.05) is 12.1 Å². The Hall–Kier alpha value is -2.63. The zero-order valence-corrected chi connectivity index (χ0v) is 10.4. The fraction of sp³-hybridized carbons (Fsp3) is 0.154. The maximum atomic E-state index is 10.5. The largest absolute Gasteiger partial charge is 0.485 e. The normalized spacial score (nSPS) is 10.8. The van der Waals surface area contributed by atoms with Crippen molar-refractivity contribution in [1.82, 2.24) is 14.8 Å². The lowest BCUT2D eigenvalue weighted by Crippen LogP contribution is -2.05. The van der Waals surface area contributed by atoms with Gasteiger partial charge < -0.3 is 9.84 Å². The summed E-state index contributed by atoms with van der Waals surface area (Å²) in [6, 6.07) is 7.20. The SMILES string of the molecule is Cn1ncnc1COc1ccccc1C=CC(=O)O. The molecule has 0 atom stereocenters. The Bertz CT molecular complexity index is 605. The Morgan fingerprint density at radius 1 is 1.47 bits per heavy atom. The number of carbonyl (C=O) groups is 1. The first-order valence-corrected chi connectivity index (χ1v) is 5.62. The topological polar surface area (TPSA) is 77.2 Å². The van der Waals surface area contributed by atoms with Gasteiger partial charge in [-0.05, 0) is 12.1 Å². The molecule has 0 aliphatic carbocycles. The number of hydrogen-bond donors (Lipinski definition) is 1. The van der Waals surface area contributed by atoms with Gasteiger partial charge in [-0.3, -0.25) is 4.68 Å². The monoisotopic (exact) mass is 259 g/mol. The highest BCUT2D eigenvalue weighted by atomic mass is 16.5. The molecule has 0 radical (unpaired) electrons. The summed E-state index contributed by atoms with van der Waals surface area (Å²) in [5.41, 5.74) is 0.701. The van der Waals surface area contributed by atoms with Gasteiger partial charge in [0, 0.05) is 18.7 Å². The summed E-state index contributed by atoms with van der Waals surface area (Å²) >= 11 is 0. The molecule has 6 nitrogen and oxygen atoms in total. The lowest BCUT2D eigenvalue weighted by Gasteiger charge is -2.08. The van der Waals surface area contributed by atoms with Crippen molar-refractivity contribution in [3.05, 3.63) is 48.1 Å². The van der Waals surface area contributed by atoms with Gasteiger partial charge >= 0.3 is 5.97 Å². The van der Waals surface area contributed by atoms with Crippen LogP contribution in [-0.2, 0) is 18.4 Å². The number of hydrogen-bond acceptors (Lipinski definition) is 4. The highest BCUT2D eigenvalue weighted by Gasteiger charge is 2.04. The van der Waals surface area contributed by atoms with Crippen LogP contribution in [0.3, 0.4) is 0 Å². The van der Waals surface area contributed by atoms with Gasteiger partial charge in [0.25, 0.3) is 0 Å².